The first kappa shape index (κ1) is 35.6. The lowest BCUT2D eigenvalue weighted by Crippen LogP contribution is -2.54. The molecule has 1 N–H and O–H groups in total. The number of nitrogens with zero attached hydrogens (tertiary/aromatic N) is 2. The van der Waals surface area contributed by atoms with E-state index in [1.54, 1.807) is 24.3 Å². The van der Waals surface area contributed by atoms with Crippen molar-refractivity contribution in [3.05, 3.63) is 158 Å². The molecule has 0 aromatic heterocycles. The van der Waals surface area contributed by atoms with E-state index in [4.69, 9.17) is 21.1 Å². The van der Waals surface area contributed by atoms with Crippen LogP contribution in [-0.4, -0.2) is 37.5 Å². The Morgan fingerprint density at radius 1 is 0.815 bits per heavy atom. The van der Waals surface area contributed by atoms with E-state index < -0.39 is 17.8 Å². The lowest BCUT2D eigenvalue weighted by molar-refractivity contribution is -0.122. The number of urea groups is 1. The van der Waals surface area contributed by atoms with Gasteiger partial charge in [0.25, 0.3) is 11.8 Å². The van der Waals surface area contributed by atoms with E-state index in [1.807, 2.05) is 67.6 Å². The van der Waals surface area contributed by atoms with Gasteiger partial charge in [-0.25, -0.2) is 9.69 Å². The van der Waals surface area contributed by atoms with Crippen molar-refractivity contribution in [2.45, 2.75) is 38.2 Å². The molecular weight excluding hydrogens is 766 g/mol. The second-order valence-corrected chi connectivity index (χ2v) is 14.9. The molecule has 0 aliphatic carbocycles. The number of nitrogens with one attached hydrogen (secondary N) is 1. The minimum absolute atomic E-state index is 0.0695. The van der Waals surface area contributed by atoms with Crippen LogP contribution in [0.15, 0.2) is 119 Å². The van der Waals surface area contributed by atoms with Crippen LogP contribution >= 0.6 is 27.5 Å². The van der Waals surface area contributed by atoms with Crippen LogP contribution in [0.4, 0.5) is 16.2 Å². The van der Waals surface area contributed by atoms with Gasteiger partial charge < -0.3 is 14.4 Å². The van der Waals surface area contributed by atoms with Crippen LogP contribution in [0, 0.1) is 0 Å². The van der Waals surface area contributed by atoms with Crippen molar-refractivity contribution >= 4 is 62.8 Å². The summed E-state index contributed by atoms with van der Waals surface area (Å²) >= 11 is 9.66. The number of barbiturate groups is 1. The number of anilines is 2. The highest BCUT2D eigenvalue weighted by Gasteiger charge is 2.40. The zero-order chi connectivity index (χ0) is 37.3. The predicted molar refractivity (Wildman–Crippen MR) is 215 cm³/mol. The third-order valence-electron chi connectivity index (χ3n) is 10.3. The molecule has 0 radical (unpaired) electrons. The van der Waals surface area contributed by atoms with E-state index in [0.29, 0.717) is 38.9 Å². The first-order valence-electron chi connectivity index (χ1n) is 18.1. The average Bonchev–Trinajstić information content (AvgIpc) is 3.18. The van der Waals surface area contributed by atoms with E-state index in [2.05, 4.69) is 50.4 Å². The van der Waals surface area contributed by atoms with Crippen molar-refractivity contribution in [3.8, 4) is 11.5 Å². The Balaban J connectivity index is 1.19. The third-order valence-corrected chi connectivity index (χ3v) is 11.1. The normalized spacial score (nSPS) is 18.7. The molecule has 0 bridgehead atoms. The number of benzene rings is 5. The molecule has 4 amide bonds. The molecule has 1 fully saturated rings. The van der Waals surface area contributed by atoms with Crippen molar-refractivity contribution < 1.29 is 23.9 Å². The van der Waals surface area contributed by atoms with Crippen LogP contribution in [0.5, 0.6) is 11.5 Å². The summed E-state index contributed by atoms with van der Waals surface area (Å²) in [6, 6.07) is 34.7. The molecule has 8 nitrogen and oxygen atoms in total. The van der Waals surface area contributed by atoms with E-state index in [9.17, 15) is 14.4 Å². The number of hydrogen-bond acceptors (Lipinski definition) is 6. The summed E-state index contributed by atoms with van der Waals surface area (Å²) in [7, 11) is 0. The highest BCUT2D eigenvalue weighted by Crippen LogP contribution is 2.50. The van der Waals surface area contributed by atoms with Gasteiger partial charge >= 0.3 is 6.03 Å². The number of hydrogen-bond donors (Lipinski definition) is 1. The molecule has 0 unspecified atom stereocenters. The summed E-state index contributed by atoms with van der Waals surface area (Å²) < 4.78 is 12.7. The summed E-state index contributed by atoms with van der Waals surface area (Å²) in [6.07, 6.45) is 3.28. The van der Waals surface area contributed by atoms with E-state index in [0.717, 1.165) is 47.5 Å². The molecule has 8 rings (SSSR count). The first-order chi connectivity index (χ1) is 26.3. The van der Waals surface area contributed by atoms with Crippen LogP contribution in [0.25, 0.3) is 6.08 Å². The predicted octanol–water partition coefficient (Wildman–Crippen LogP) is 9.62. The largest absolute Gasteiger partial charge is 0.490 e. The Morgan fingerprint density at radius 3 is 2.02 bits per heavy atom. The summed E-state index contributed by atoms with van der Waals surface area (Å²) in [5.41, 5.74) is 7.36. The van der Waals surface area contributed by atoms with Crippen molar-refractivity contribution in [3.63, 3.8) is 0 Å². The topological polar surface area (TPSA) is 88.2 Å². The van der Waals surface area contributed by atoms with Gasteiger partial charge in [-0.1, -0.05) is 84.4 Å². The molecular formula is C44H37BrClN3O5. The molecule has 0 saturated carbocycles. The van der Waals surface area contributed by atoms with Gasteiger partial charge in [0.15, 0.2) is 11.5 Å². The number of amides is 4. The molecule has 3 aliphatic rings. The number of ether oxygens (including phenoxy) is 2. The lowest BCUT2D eigenvalue weighted by Gasteiger charge is -2.44. The maximum atomic E-state index is 14.4. The monoisotopic (exact) mass is 801 g/mol. The SMILES string of the molecule is CCOc1cc(/C=C2\C(=O)NC(=O)N(c3cc4c5c(c3)[C@@H](c3ccccc3)CCN5CC[C@@H]4c3ccccc3)C2=O)cc(Br)c1OCc1ccc(Cl)cc1. The molecule has 5 aromatic rings. The minimum Gasteiger partial charge on any atom is -0.490 e. The van der Waals surface area contributed by atoms with Crippen LogP contribution in [0.1, 0.15) is 65.0 Å². The standard InChI is InChI=1S/C44H37BrClN3O5/c1-2-53-39-23-28(22-38(45)41(39)54-26-27-13-15-31(46)16-14-27)21-37-42(50)47-44(52)49(43(37)51)32-24-35-33(29-9-5-3-6-10-29)17-19-48-20-18-34(36(25-32)40(35)48)30-11-7-4-8-12-30/h3-16,21-25,33-34H,2,17-20,26H2,1H3,(H,47,50,52)/b37-21+/t33-,34-/m1/s1. The molecule has 3 aliphatic heterocycles. The number of imide groups is 2. The van der Waals surface area contributed by atoms with Gasteiger partial charge in [-0.3, -0.25) is 14.9 Å². The summed E-state index contributed by atoms with van der Waals surface area (Å²) in [5, 5.41) is 3.07. The molecule has 0 spiro atoms. The number of rotatable bonds is 9. The zero-order valence-corrected chi connectivity index (χ0v) is 31.9. The van der Waals surface area contributed by atoms with Gasteiger partial charge in [0, 0.05) is 35.6 Å². The van der Waals surface area contributed by atoms with Crippen LogP contribution in [-0.2, 0) is 16.2 Å². The molecule has 54 heavy (non-hydrogen) atoms. The molecule has 10 heteroatoms. The highest BCUT2D eigenvalue weighted by atomic mass is 79.9. The van der Waals surface area contributed by atoms with Gasteiger partial charge in [0.05, 0.1) is 16.8 Å². The minimum atomic E-state index is -0.785. The Bertz CT molecular complexity index is 2210. The number of halogens is 2. The van der Waals surface area contributed by atoms with Gasteiger partial charge in [-0.05, 0) is 112 Å². The fourth-order valence-corrected chi connectivity index (χ4v) is 8.54. The summed E-state index contributed by atoms with van der Waals surface area (Å²) in [6.45, 7) is 4.31. The molecule has 272 valence electrons. The highest BCUT2D eigenvalue weighted by molar-refractivity contribution is 9.10. The van der Waals surface area contributed by atoms with Crippen LogP contribution in [0.3, 0.4) is 0 Å². The summed E-state index contributed by atoms with van der Waals surface area (Å²) in [5.74, 6) is -0.429. The van der Waals surface area contributed by atoms with Gasteiger partial charge in [-0.2, -0.15) is 0 Å². The van der Waals surface area contributed by atoms with Crippen molar-refractivity contribution in [2.75, 3.05) is 29.5 Å². The van der Waals surface area contributed by atoms with Crippen LogP contribution in [0.2, 0.25) is 5.02 Å². The Labute approximate surface area is 327 Å². The average molecular weight is 803 g/mol. The van der Waals surface area contributed by atoms with Crippen molar-refractivity contribution in [1.82, 2.24) is 5.32 Å². The maximum absolute atomic E-state index is 14.4. The first-order valence-corrected chi connectivity index (χ1v) is 19.2. The number of carbonyl (C=O) groups is 3. The zero-order valence-electron chi connectivity index (χ0n) is 29.6. The van der Waals surface area contributed by atoms with E-state index >= 15 is 0 Å². The van der Waals surface area contributed by atoms with Crippen molar-refractivity contribution in [1.29, 1.82) is 0 Å². The Morgan fingerprint density at radius 2 is 1.43 bits per heavy atom. The molecule has 2 atom stereocenters. The van der Waals surface area contributed by atoms with Gasteiger partial charge in [0.1, 0.15) is 12.2 Å². The van der Waals surface area contributed by atoms with Gasteiger partial charge in [-0.15, -0.1) is 0 Å². The fourth-order valence-electron chi connectivity index (χ4n) is 7.84. The molecule has 5 aromatic carbocycles. The van der Waals surface area contributed by atoms with E-state index in [1.165, 1.54) is 22.9 Å². The molecule has 3 heterocycles. The second kappa shape index (κ2) is 15.2. The summed E-state index contributed by atoms with van der Waals surface area (Å²) in [4.78, 5) is 45.1. The van der Waals surface area contributed by atoms with Crippen LogP contribution < -0.4 is 24.6 Å². The second-order valence-electron chi connectivity index (χ2n) is 13.6. The fraction of sp³-hybridized carbons (Fsp3) is 0.205. The quantitative estimate of drug-likeness (QED) is 0.118. The lowest BCUT2D eigenvalue weighted by atomic mass is 9.76. The molecule has 1 saturated heterocycles. The van der Waals surface area contributed by atoms with Crippen molar-refractivity contribution in [2.24, 2.45) is 0 Å². The Kier molecular flexibility index (Phi) is 10.0. The Hall–Kier alpha value is -5.38. The maximum Gasteiger partial charge on any atom is 0.335 e. The number of carbonyl (C=O) groups excluding carboxylic acids is 3. The van der Waals surface area contributed by atoms with Gasteiger partial charge in [0.2, 0.25) is 0 Å². The smallest absolute Gasteiger partial charge is 0.335 e. The van der Waals surface area contributed by atoms with E-state index in [-0.39, 0.29) is 24.0 Å². The third kappa shape index (κ3) is 6.90.